The van der Waals surface area contributed by atoms with E-state index in [1.807, 2.05) is 30.3 Å². The Kier molecular flexibility index (Phi) is 6.25. The summed E-state index contributed by atoms with van der Waals surface area (Å²) >= 11 is 1.07. The van der Waals surface area contributed by atoms with E-state index < -0.39 is 20.8 Å². The van der Waals surface area contributed by atoms with Gasteiger partial charge in [-0.15, -0.1) is 0 Å². The summed E-state index contributed by atoms with van der Waals surface area (Å²) in [5, 5.41) is 7.40. The van der Waals surface area contributed by atoms with Crippen LogP contribution in [0.4, 0.5) is 11.5 Å². The van der Waals surface area contributed by atoms with Crippen molar-refractivity contribution in [2.75, 3.05) is 11.1 Å². The zero-order valence-electron chi connectivity index (χ0n) is 15.8. The van der Waals surface area contributed by atoms with E-state index in [1.54, 1.807) is 11.5 Å². The first kappa shape index (κ1) is 21.6. The third-order valence-corrected chi connectivity index (χ3v) is 6.02. The normalized spacial score (nSPS) is 12.3. The van der Waals surface area contributed by atoms with Crippen LogP contribution < -0.4 is 21.7 Å². The number of amides is 1. The zero-order valence-corrected chi connectivity index (χ0v) is 17.5. The number of nitrogens with zero attached hydrogens (tertiary/aromatic N) is 2. The maximum atomic E-state index is 12.6. The largest absolute Gasteiger partial charge is 0.385 e. The number of hydrogen-bond donors (Lipinski definition) is 3. The molecule has 1 amide bonds. The van der Waals surface area contributed by atoms with Gasteiger partial charge in [-0.3, -0.25) is 14.2 Å². The van der Waals surface area contributed by atoms with E-state index in [4.69, 9.17) is 10.9 Å². The number of thioether (sulfide) groups is 1. The van der Waals surface area contributed by atoms with Crippen LogP contribution in [0.5, 0.6) is 0 Å². The molecule has 0 unspecified atom stereocenters. The first-order chi connectivity index (χ1) is 14.1. The molecule has 11 heteroatoms. The van der Waals surface area contributed by atoms with Gasteiger partial charge in [-0.25, -0.2) is 13.6 Å². The van der Waals surface area contributed by atoms with Gasteiger partial charge in [-0.05, 0) is 43.3 Å². The topological polar surface area (TPSA) is 150 Å². The molecular formula is C19H19N5O4S2. The number of nitrogen functional groups attached to an aromatic ring is 1. The molecule has 3 aromatic rings. The Morgan fingerprint density at radius 2 is 1.77 bits per heavy atom. The quantitative estimate of drug-likeness (QED) is 0.385. The lowest BCUT2D eigenvalue weighted by atomic mass is 10.3. The van der Waals surface area contributed by atoms with Crippen molar-refractivity contribution < 1.29 is 13.2 Å². The van der Waals surface area contributed by atoms with Crippen LogP contribution in [0.2, 0.25) is 0 Å². The molecule has 0 aliphatic rings. The van der Waals surface area contributed by atoms with Crippen LogP contribution in [0.1, 0.15) is 6.92 Å². The summed E-state index contributed by atoms with van der Waals surface area (Å²) < 4.78 is 24.2. The van der Waals surface area contributed by atoms with E-state index in [0.717, 1.165) is 11.8 Å². The summed E-state index contributed by atoms with van der Waals surface area (Å²) in [4.78, 5) is 28.4. The Hall–Kier alpha value is -3.15. The van der Waals surface area contributed by atoms with Crippen LogP contribution in [-0.4, -0.2) is 29.1 Å². The number of carbonyl (C=O) groups is 1. The monoisotopic (exact) mass is 445 g/mol. The number of primary sulfonamides is 1. The first-order valence-corrected chi connectivity index (χ1v) is 11.1. The van der Waals surface area contributed by atoms with Crippen LogP contribution in [0.25, 0.3) is 5.69 Å². The van der Waals surface area contributed by atoms with Crippen LogP contribution >= 0.6 is 11.8 Å². The molecule has 0 aliphatic heterocycles. The summed E-state index contributed by atoms with van der Waals surface area (Å²) in [6, 6.07) is 15.8. The van der Waals surface area contributed by atoms with Crippen molar-refractivity contribution in [2.45, 2.75) is 22.2 Å². The fourth-order valence-electron chi connectivity index (χ4n) is 2.58. The number of nitrogens with two attached hydrogens (primary N) is 2. The lowest BCUT2D eigenvalue weighted by Crippen LogP contribution is -2.24. The first-order valence-electron chi connectivity index (χ1n) is 8.70. The molecule has 0 saturated carbocycles. The highest BCUT2D eigenvalue weighted by atomic mass is 32.2. The van der Waals surface area contributed by atoms with Crippen LogP contribution in [0, 0.1) is 0 Å². The van der Waals surface area contributed by atoms with E-state index in [9.17, 15) is 18.0 Å². The number of sulfonamides is 1. The second kappa shape index (κ2) is 8.69. The van der Waals surface area contributed by atoms with E-state index in [-0.39, 0.29) is 21.8 Å². The zero-order chi connectivity index (χ0) is 21.9. The van der Waals surface area contributed by atoms with E-state index in [0.29, 0.717) is 11.4 Å². The van der Waals surface area contributed by atoms with Crippen molar-refractivity contribution in [3.8, 4) is 5.69 Å². The minimum absolute atomic E-state index is 0.0567. The van der Waals surface area contributed by atoms with Crippen molar-refractivity contribution in [1.82, 2.24) is 9.55 Å². The molecular weight excluding hydrogens is 426 g/mol. The fourth-order valence-corrected chi connectivity index (χ4v) is 4.03. The number of hydrogen-bond acceptors (Lipinski definition) is 7. The van der Waals surface area contributed by atoms with E-state index in [1.165, 1.54) is 30.3 Å². The Labute approximate surface area is 177 Å². The molecule has 30 heavy (non-hydrogen) atoms. The molecule has 0 fully saturated rings. The molecule has 1 heterocycles. The Balaban J connectivity index is 1.81. The third-order valence-electron chi connectivity index (χ3n) is 4.04. The van der Waals surface area contributed by atoms with Gasteiger partial charge in [0.25, 0.3) is 5.56 Å². The standard InChI is InChI=1S/C19H19N5O4S2/c1-12(18(26)22-13-7-9-15(10-8-13)30(21,27)28)29-19-23-17(25)11-16(20)24(19)14-5-3-2-4-6-14/h2-12H,20H2,1H3,(H,22,26)(H2,21,27,28)/t12-/m0/s1. The van der Waals surface area contributed by atoms with Gasteiger partial charge < -0.3 is 11.1 Å². The van der Waals surface area contributed by atoms with Crippen molar-refractivity contribution in [1.29, 1.82) is 0 Å². The second-order valence-corrected chi connectivity index (χ2v) is 9.16. The molecule has 156 valence electrons. The molecule has 3 rings (SSSR count). The maximum absolute atomic E-state index is 12.6. The maximum Gasteiger partial charge on any atom is 0.275 e. The number of aromatic nitrogens is 2. The van der Waals surface area contributed by atoms with Crippen LogP contribution in [-0.2, 0) is 14.8 Å². The summed E-state index contributed by atoms with van der Waals surface area (Å²) in [7, 11) is -3.81. The number of para-hydroxylation sites is 1. The average Bonchev–Trinajstić information content (AvgIpc) is 2.68. The van der Waals surface area contributed by atoms with Crippen LogP contribution in [0.3, 0.4) is 0 Å². The number of benzene rings is 2. The molecule has 1 atom stereocenters. The van der Waals surface area contributed by atoms with E-state index >= 15 is 0 Å². The Bertz CT molecular complexity index is 1230. The molecule has 0 aliphatic carbocycles. The van der Waals surface area contributed by atoms with Crippen molar-refractivity contribution >= 4 is 39.2 Å². The Morgan fingerprint density at radius 1 is 1.13 bits per heavy atom. The summed E-state index contributed by atoms with van der Waals surface area (Å²) in [6.07, 6.45) is 0. The predicted octanol–water partition coefficient (Wildman–Crippen LogP) is 1.58. The van der Waals surface area contributed by atoms with Gasteiger partial charge in [0.05, 0.1) is 10.1 Å². The van der Waals surface area contributed by atoms with Gasteiger partial charge in [0, 0.05) is 17.4 Å². The van der Waals surface area contributed by atoms with Gasteiger partial charge in [-0.2, -0.15) is 4.98 Å². The van der Waals surface area contributed by atoms with Crippen molar-refractivity contribution in [3.63, 3.8) is 0 Å². The predicted molar refractivity (Wildman–Crippen MR) is 116 cm³/mol. The van der Waals surface area contributed by atoms with Crippen molar-refractivity contribution in [3.05, 3.63) is 71.0 Å². The van der Waals surface area contributed by atoms with Gasteiger partial charge in [0.1, 0.15) is 5.82 Å². The van der Waals surface area contributed by atoms with Crippen LogP contribution in [0.15, 0.2) is 75.5 Å². The molecule has 2 aromatic carbocycles. The molecule has 5 N–H and O–H groups in total. The summed E-state index contributed by atoms with van der Waals surface area (Å²) in [6.45, 7) is 1.66. The number of rotatable bonds is 6. The lowest BCUT2D eigenvalue weighted by Gasteiger charge is -2.17. The molecule has 9 nitrogen and oxygen atoms in total. The van der Waals surface area contributed by atoms with Gasteiger partial charge in [0.15, 0.2) is 5.16 Å². The SMILES string of the molecule is C[C@H](Sc1nc(=O)cc(N)n1-c1ccccc1)C(=O)Nc1ccc(S(N)(=O)=O)cc1. The highest BCUT2D eigenvalue weighted by Gasteiger charge is 2.20. The number of nitrogens with one attached hydrogen (secondary N) is 1. The fraction of sp³-hybridized carbons (Fsp3) is 0.105. The second-order valence-electron chi connectivity index (χ2n) is 6.29. The minimum Gasteiger partial charge on any atom is -0.385 e. The summed E-state index contributed by atoms with van der Waals surface area (Å²) in [5.41, 5.74) is 6.63. The molecule has 0 bridgehead atoms. The van der Waals surface area contributed by atoms with E-state index in [2.05, 4.69) is 10.3 Å². The number of anilines is 2. The number of carbonyl (C=O) groups excluding carboxylic acids is 1. The molecule has 0 radical (unpaired) electrons. The molecule has 0 spiro atoms. The minimum atomic E-state index is -3.81. The highest BCUT2D eigenvalue weighted by Crippen LogP contribution is 2.26. The van der Waals surface area contributed by atoms with Gasteiger partial charge >= 0.3 is 0 Å². The summed E-state index contributed by atoms with van der Waals surface area (Å²) in [5.74, 6) is -0.158. The average molecular weight is 446 g/mol. The van der Waals surface area contributed by atoms with Gasteiger partial charge in [-0.1, -0.05) is 30.0 Å². The van der Waals surface area contributed by atoms with Gasteiger partial charge in [0.2, 0.25) is 15.9 Å². The Morgan fingerprint density at radius 3 is 2.37 bits per heavy atom. The molecule has 0 saturated heterocycles. The molecule has 1 aromatic heterocycles. The lowest BCUT2D eigenvalue weighted by molar-refractivity contribution is -0.115. The van der Waals surface area contributed by atoms with Crippen molar-refractivity contribution in [2.24, 2.45) is 5.14 Å². The highest BCUT2D eigenvalue weighted by molar-refractivity contribution is 8.00. The smallest absolute Gasteiger partial charge is 0.275 e. The third kappa shape index (κ3) is 5.06.